The van der Waals surface area contributed by atoms with Crippen molar-refractivity contribution in [3.63, 3.8) is 0 Å². The van der Waals surface area contributed by atoms with Crippen molar-refractivity contribution in [1.82, 2.24) is 10.3 Å². The Hall–Kier alpha value is -2.58. The molecule has 128 valence electrons. The number of rotatable bonds is 6. The number of hydrogen-bond acceptors (Lipinski definition) is 5. The average Bonchev–Trinajstić information content (AvgIpc) is 2.59. The summed E-state index contributed by atoms with van der Waals surface area (Å²) in [6.07, 6.45) is 0. The lowest BCUT2D eigenvalue weighted by Gasteiger charge is -2.12. The van der Waals surface area contributed by atoms with Crippen LogP contribution in [0, 0.1) is 6.92 Å². The molecule has 8 heteroatoms. The Morgan fingerprint density at radius 3 is 2.25 bits per heavy atom. The van der Waals surface area contributed by atoms with Gasteiger partial charge in [-0.2, -0.15) is 0 Å². The number of carbonyl (C=O) groups excluding carboxylic acids is 1. The second kappa shape index (κ2) is 7.33. The molecule has 0 aliphatic heterocycles. The lowest BCUT2D eigenvalue weighted by molar-refractivity contribution is 0.0945. The summed E-state index contributed by atoms with van der Waals surface area (Å²) in [5.74, 6) is -0.0886. The van der Waals surface area contributed by atoms with Gasteiger partial charge in [-0.15, -0.1) is 4.83 Å². The van der Waals surface area contributed by atoms with Gasteiger partial charge in [0.25, 0.3) is 15.9 Å². The standard InChI is InChI=1S/C16H18N2O5S/c1-11-4-6-12(7-5-11)16(19)17-18-24(20,21)15-10-13(22-2)8-9-14(15)23-3/h4-10,18H,1-3H3,(H,17,19). The minimum Gasteiger partial charge on any atom is -0.497 e. The van der Waals surface area contributed by atoms with E-state index in [0.29, 0.717) is 11.3 Å². The highest BCUT2D eigenvalue weighted by Gasteiger charge is 2.21. The highest BCUT2D eigenvalue weighted by molar-refractivity contribution is 7.89. The Morgan fingerprint density at radius 1 is 1.00 bits per heavy atom. The van der Waals surface area contributed by atoms with Crippen molar-refractivity contribution >= 4 is 15.9 Å². The number of amides is 1. The number of benzene rings is 2. The maximum Gasteiger partial charge on any atom is 0.266 e. The van der Waals surface area contributed by atoms with Gasteiger partial charge in [-0.1, -0.05) is 17.7 Å². The molecule has 2 aromatic rings. The highest BCUT2D eigenvalue weighted by atomic mass is 32.2. The van der Waals surface area contributed by atoms with Crippen LogP contribution in [0.25, 0.3) is 0 Å². The number of aryl methyl sites for hydroxylation is 1. The first-order valence-electron chi connectivity index (χ1n) is 6.98. The number of methoxy groups -OCH3 is 2. The summed E-state index contributed by atoms with van der Waals surface area (Å²) in [5, 5.41) is 0. The van der Waals surface area contributed by atoms with Crippen molar-refractivity contribution < 1.29 is 22.7 Å². The second-order valence-electron chi connectivity index (χ2n) is 4.94. The third-order valence-corrected chi connectivity index (χ3v) is 4.54. The topological polar surface area (TPSA) is 93.7 Å². The quantitative estimate of drug-likeness (QED) is 0.773. The summed E-state index contributed by atoms with van der Waals surface area (Å²) in [7, 11) is -1.26. The Balaban J connectivity index is 2.19. The Kier molecular flexibility index (Phi) is 5.42. The first-order chi connectivity index (χ1) is 11.4. The summed E-state index contributed by atoms with van der Waals surface area (Å²) < 4.78 is 34.9. The van der Waals surface area contributed by atoms with Crippen molar-refractivity contribution in [3.8, 4) is 11.5 Å². The summed E-state index contributed by atoms with van der Waals surface area (Å²) in [5.41, 5.74) is 3.50. The van der Waals surface area contributed by atoms with E-state index in [-0.39, 0.29) is 10.6 Å². The minimum absolute atomic E-state index is 0.132. The van der Waals surface area contributed by atoms with Gasteiger partial charge in [0.2, 0.25) is 0 Å². The first kappa shape index (κ1) is 17.8. The molecule has 0 bridgehead atoms. The smallest absolute Gasteiger partial charge is 0.266 e. The lowest BCUT2D eigenvalue weighted by atomic mass is 10.1. The van der Waals surface area contributed by atoms with Crippen LogP contribution in [0.3, 0.4) is 0 Å². The van der Waals surface area contributed by atoms with E-state index in [1.165, 1.54) is 26.4 Å². The Morgan fingerprint density at radius 2 is 1.67 bits per heavy atom. The van der Waals surface area contributed by atoms with Crippen LogP contribution in [0.15, 0.2) is 47.4 Å². The number of carbonyl (C=O) groups is 1. The molecule has 24 heavy (non-hydrogen) atoms. The van der Waals surface area contributed by atoms with Crippen LogP contribution in [0.4, 0.5) is 0 Å². The van der Waals surface area contributed by atoms with Crippen molar-refractivity contribution in [2.24, 2.45) is 0 Å². The first-order valence-corrected chi connectivity index (χ1v) is 8.46. The summed E-state index contributed by atoms with van der Waals surface area (Å²) in [6, 6.07) is 11.1. The maximum atomic E-state index is 12.4. The second-order valence-corrected chi connectivity index (χ2v) is 6.59. The van der Waals surface area contributed by atoms with Crippen LogP contribution in [-0.4, -0.2) is 28.5 Å². The van der Waals surface area contributed by atoms with Gasteiger partial charge in [0.15, 0.2) is 0 Å². The van der Waals surface area contributed by atoms with E-state index in [1.54, 1.807) is 30.3 Å². The van der Waals surface area contributed by atoms with E-state index in [2.05, 4.69) is 10.3 Å². The van der Waals surface area contributed by atoms with Gasteiger partial charge in [0, 0.05) is 11.6 Å². The lowest BCUT2D eigenvalue weighted by Crippen LogP contribution is -2.41. The van der Waals surface area contributed by atoms with Gasteiger partial charge in [0.05, 0.1) is 14.2 Å². The summed E-state index contributed by atoms with van der Waals surface area (Å²) >= 11 is 0. The van der Waals surface area contributed by atoms with Gasteiger partial charge < -0.3 is 9.47 Å². The van der Waals surface area contributed by atoms with Gasteiger partial charge in [0.1, 0.15) is 16.4 Å². The molecule has 0 unspecified atom stereocenters. The third kappa shape index (κ3) is 4.03. The van der Waals surface area contributed by atoms with Crippen LogP contribution in [0.1, 0.15) is 15.9 Å². The summed E-state index contributed by atoms with van der Waals surface area (Å²) in [6.45, 7) is 1.89. The zero-order valence-electron chi connectivity index (χ0n) is 13.5. The van der Waals surface area contributed by atoms with E-state index in [0.717, 1.165) is 5.56 Å². The van der Waals surface area contributed by atoms with Crippen LogP contribution < -0.4 is 19.7 Å². The molecule has 0 saturated carbocycles. The predicted molar refractivity (Wildman–Crippen MR) is 88.5 cm³/mol. The third-order valence-electron chi connectivity index (χ3n) is 3.27. The molecular formula is C16H18N2O5S. The summed E-state index contributed by atoms with van der Waals surface area (Å²) in [4.78, 5) is 13.9. The van der Waals surface area contributed by atoms with Crippen LogP contribution in [0.5, 0.6) is 11.5 Å². The molecule has 0 aliphatic rings. The van der Waals surface area contributed by atoms with Crippen LogP contribution in [-0.2, 0) is 10.0 Å². The van der Waals surface area contributed by atoms with E-state index in [4.69, 9.17) is 9.47 Å². The molecule has 0 aliphatic carbocycles. The van der Waals surface area contributed by atoms with E-state index in [9.17, 15) is 13.2 Å². The van der Waals surface area contributed by atoms with Crippen molar-refractivity contribution in [3.05, 3.63) is 53.6 Å². The molecule has 2 rings (SSSR count). The number of sulfonamides is 1. The van der Waals surface area contributed by atoms with E-state index in [1.807, 2.05) is 6.92 Å². The largest absolute Gasteiger partial charge is 0.497 e. The normalized spacial score (nSPS) is 11.0. The fourth-order valence-corrected chi connectivity index (χ4v) is 2.96. The molecule has 0 radical (unpaired) electrons. The maximum absolute atomic E-state index is 12.4. The molecule has 2 N–H and O–H groups in total. The molecule has 1 amide bonds. The van der Waals surface area contributed by atoms with Gasteiger partial charge in [-0.25, -0.2) is 8.42 Å². The number of ether oxygens (including phenoxy) is 2. The fourth-order valence-electron chi connectivity index (χ4n) is 1.94. The SMILES string of the molecule is COc1ccc(OC)c(S(=O)(=O)NNC(=O)c2ccc(C)cc2)c1. The van der Waals surface area contributed by atoms with Gasteiger partial charge >= 0.3 is 0 Å². The molecule has 2 aromatic carbocycles. The number of hydrazine groups is 1. The van der Waals surface area contributed by atoms with Crippen LogP contribution in [0.2, 0.25) is 0 Å². The van der Waals surface area contributed by atoms with Crippen molar-refractivity contribution in [2.75, 3.05) is 14.2 Å². The van der Waals surface area contributed by atoms with Crippen molar-refractivity contribution in [1.29, 1.82) is 0 Å². The van der Waals surface area contributed by atoms with E-state index >= 15 is 0 Å². The van der Waals surface area contributed by atoms with Crippen molar-refractivity contribution in [2.45, 2.75) is 11.8 Å². The average molecular weight is 350 g/mol. The molecular weight excluding hydrogens is 332 g/mol. The Bertz CT molecular complexity index is 832. The Labute approximate surface area is 140 Å². The number of hydrogen-bond donors (Lipinski definition) is 2. The monoisotopic (exact) mass is 350 g/mol. The molecule has 0 spiro atoms. The van der Waals surface area contributed by atoms with Gasteiger partial charge in [-0.3, -0.25) is 10.2 Å². The fraction of sp³-hybridized carbons (Fsp3) is 0.188. The van der Waals surface area contributed by atoms with E-state index < -0.39 is 15.9 Å². The molecule has 7 nitrogen and oxygen atoms in total. The zero-order valence-corrected chi connectivity index (χ0v) is 14.3. The van der Waals surface area contributed by atoms with Crippen LogP contribution >= 0.6 is 0 Å². The molecule has 0 atom stereocenters. The number of nitrogens with one attached hydrogen (secondary N) is 2. The molecule has 0 saturated heterocycles. The minimum atomic E-state index is -4.03. The predicted octanol–water partition coefficient (Wildman–Crippen LogP) is 1.64. The molecule has 0 aromatic heterocycles. The molecule has 0 fully saturated rings. The van der Waals surface area contributed by atoms with Gasteiger partial charge in [-0.05, 0) is 31.2 Å². The zero-order chi connectivity index (χ0) is 17.7. The highest BCUT2D eigenvalue weighted by Crippen LogP contribution is 2.27. The molecule has 0 heterocycles.